The van der Waals surface area contributed by atoms with E-state index in [1.807, 2.05) is 22.6 Å². The lowest BCUT2D eigenvalue weighted by atomic mass is 10.1. The van der Waals surface area contributed by atoms with Gasteiger partial charge in [-0.2, -0.15) is 0 Å². The van der Waals surface area contributed by atoms with Gasteiger partial charge in [-0.05, 0) is 34.7 Å². The van der Waals surface area contributed by atoms with Crippen LogP contribution in [0, 0.1) is 3.77 Å². The summed E-state index contributed by atoms with van der Waals surface area (Å²) in [7, 11) is 0. The van der Waals surface area contributed by atoms with E-state index in [0.717, 1.165) is 0 Å². The van der Waals surface area contributed by atoms with Crippen LogP contribution in [0.3, 0.4) is 0 Å². The number of aliphatic hydroxyl groups excluding tert-OH is 2. The van der Waals surface area contributed by atoms with Crippen molar-refractivity contribution < 1.29 is 19.4 Å². The molecule has 6 heteroatoms. The van der Waals surface area contributed by atoms with Crippen LogP contribution >= 0.6 is 22.6 Å². The molecule has 72 valence electrons. The minimum atomic E-state index is -1.64. The Balaban J connectivity index is 2.78. The van der Waals surface area contributed by atoms with Crippen molar-refractivity contribution in [1.82, 2.24) is 0 Å². The maximum Gasteiger partial charge on any atom is 0.249 e. The first kappa shape index (κ1) is 10.5. The highest BCUT2D eigenvalue weighted by Crippen LogP contribution is 2.20. The molecule has 1 aromatic rings. The van der Waals surface area contributed by atoms with Crippen molar-refractivity contribution in [2.75, 3.05) is 0 Å². The zero-order valence-corrected chi connectivity index (χ0v) is 8.63. The van der Waals surface area contributed by atoms with Crippen LogP contribution in [0.5, 0.6) is 0 Å². The zero-order valence-electron chi connectivity index (χ0n) is 6.48. The third-order valence-corrected chi connectivity index (χ3v) is 2.06. The first-order valence-electron chi connectivity index (χ1n) is 3.43. The summed E-state index contributed by atoms with van der Waals surface area (Å²) in [6.07, 6.45) is -3.04. The summed E-state index contributed by atoms with van der Waals surface area (Å²) < 4.78 is 5.54. The second kappa shape index (κ2) is 4.07. The predicted octanol–water partition coefficient (Wildman–Crippen LogP) is -0.236. The molecule has 4 N–H and O–H groups in total. The molecule has 0 radical (unpaired) electrons. The Hall–Kier alpha value is -0.600. The maximum atomic E-state index is 10.5. The van der Waals surface area contributed by atoms with Crippen LogP contribution in [0.1, 0.15) is 11.9 Å². The minimum Gasteiger partial charge on any atom is -0.452 e. The molecule has 2 unspecified atom stereocenters. The summed E-state index contributed by atoms with van der Waals surface area (Å²) in [4.78, 5) is 10.5. The number of carbonyl (C=O) groups excluding carboxylic acids is 1. The number of carbonyl (C=O) groups is 1. The number of primary amides is 1. The molecule has 1 amide bonds. The van der Waals surface area contributed by atoms with Gasteiger partial charge in [-0.1, -0.05) is 0 Å². The topological polar surface area (TPSA) is 96.7 Å². The van der Waals surface area contributed by atoms with E-state index in [4.69, 9.17) is 15.3 Å². The molecule has 0 saturated heterocycles. The van der Waals surface area contributed by atoms with Gasteiger partial charge in [0, 0.05) is 0 Å². The van der Waals surface area contributed by atoms with E-state index in [2.05, 4.69) is 0 Å². The smallest absolute Gasteiger partial charge is 0.249 e. The van der Waals surface area contributed by atoms with E-state index < -0.39 is 18.1 Å². The maximum absolute atomic E-state index is 10.5. The van der Waals surface area contributed by atoms with Gasteiger partial charge in [0.05, 0.1) is 0 Å². The van der Waals surface area contributed by atoms with Crippen molar-refractivity contribution in [3.05, 3.63) is 21.7 Å². The van der Waals surface area contributed by atoms with Crippen molar-refractivity contribution in [2.45, 2.75) is 12.2 Å². The Morgan fingerprint density at radius 3 is 2.54 bits per heavy atom. The van der Waals surface area contributed by atoms with Crippen LogP contribution in [-0.4, -0.2) is 22.2 Å². The van der Waals surface area contributed by atoms with Crippen LogP contribution < -0.4 is 5.73 Å². The zero-order chi connectivity index (χ0) is 10.0. The third-order valence-electron chi connectivity index (χ3n) is 1.48. The van der Waals surface area contributed by atoms with Crippen LogP contribution in [0.15, 0.2) is 16.5 Å². The number of aliphatic hydroxyl groups is 2. The standard InChI is InChI=1S/C7H8INO4/c8-4-2-1-3(13-4)5(10)6(11)7(9)12/h1-2,5-6,10-11H,(H2,9,12). The molecule has 0 bridgehead atoms. The van der Waals surface area contributed by atoms with E-state index in [0.29, 0.717) is 3.77 Å². The molecule has 5 nitrogen and oxygen atoms in total. The summed E-state index contributed by atoms with van der Waals surface area (Å²) in [6.45, 7) is 0. The van der Waals surface area contributed by atoms with Crippen LogP contribution in [0.25, 0.3) is 0 Å². The SMILES string of the molecule is NC(=O)C(O)C(O)c1ccc(I)o1. The Bertz CT molecular complexity index is 311. The normalized spacial score (nSPS) is 15.3. The van der Waals surface area contributed by atoms with Crippen LogP contribution in [0.2, 0.25) is 0 Å². The van der Waals surface area contributed by atoms with Crippen molar-refractivity contribution >= 4 is 28.5 Å². The molecule has 1 heterocycles. The molecule has 1 aromatic heterocycles. The third kappa shape index (κ3) is 2.42. The quantitative estimate of drug-likeness (QED) is 0.671. The highest BCUT2D eigenvalue weighted by molar-refractivity contribution is 14.1. The van der Waals surface area contributed by atoms with E-state index in [1.165, 1.54) is 6.07 Å². The fourth-order valence-electron chi connectivity index (χ4n) is 0.798. The summed E-state index contributed by atoms with van der Waals surface area (Å²) in [5.41, 5.74) is 4.79. The first-order valence-corrected chi connectivity index (χ1v) is 4.51. The summed E-state index contributed by atoms with van der Waals surface area (Å²) in [6, 6.07) is 3.07. The summed E-state index contributed by atoms with van der Waals surface area (Å²) >= 11 is 1.90. The number of hydrogen-bond donors (Lipinski definition) is 3. The molecule has 0 fully saturated rings. The highest BCUT2D eigenvalue weighted by Gasteiger charge is 2.25. The number of halogens is 1. The van der Waals surface area contributed by atoms with Gasteiger partial charge in [0.2, 0.25) is 5.91 Å². The fraction of sp³-hybridized carbons (Fsp3) is 0.286. The minimum absolute atomic E-state index is 0.121. The second-order valence-corrected chi connectivity index (χ2v) is 3.50. The van der Waals surface area contributed by atoms with Gasteiger partial charge in [-0.15, -0.1) is 0 Å². The Labute approximate surface area is 87.7 Å². The molecular weight excluding hydrogens is 289 g/mol. The highest BCUT2D eigenvalue weighted by atomic mass is 127. The van der Waals surface area contributed by atoms with E-state index >= 15 is 0 Å². The number of nitrogens with two attached hydrogens (primary N) is 1. The summed E-state index contributed by atoms with van der Waals surface area (Å²) in [5.74, 6) is -0.866. The Morgan fingerprint density at radius 2 is 2.15 bits per heavy atom. The lowest BCUT2D eigenvalue weighted by Crippen LogP contribution is -2.33. The van der Waals surface area contributed by atoms with Gasteiger partial charge in [0.15, 0.2) is 9.87 Å². The van der Waals surface area contributed by atoms with Gasteiger partial charge in [-0.3, -0.25) is 4.79 Å². The molecule has 0 aliphatic carbocycles. The van der Waals surface area contributed by atoms with Crippen molar-refractivity contribution in [1.29, 1.82) is 0 Å². The lowest BCUT2D eigenvalue weighted by molar-refractivity contribution is -0.132. The van der Waals surface area contributed by atoms with Crippen molar-refractivity contribution in [2.24, 2.45) is 5.73 Å². The van der Waals surface area contributed by atoms with Crippen LogP contribution in [-0.2, 0) is 4.79 Å². The van der Waals surface area contributed by atoms with Gasteiger partial charge in [0.1, 0.15) is 11.9 Å². The van der Waals surface area contributed by atoms with Gasteiger partial charge in [-0.25, -0.2) is 0 Å². The predicted molar refractivity (Wildman–Crippen MR) is 51.6 cm³/mol. The Kier molecular flexibility index (Phi) is 3.28. The number of rotatable bonds is 3. The fourth-order valence-corrected chi connectivity index (χ4v) is 1.23. The molecular formula is C7H8INO4. The van der Waals surface area contributed by atoms with Crippen molar-refractivity contribution in [3.8, 4) is 0 Å². The molecule has 0 aromatic carbocycles. The lowest BCUT2D eigenvalue weighted by Gasteiger charge is -2.11. The number of furan rings is 1. The molecule has 0 aliphatic rings. The molecule has 1 rings (SSSR count). The summed E-state index contributed by atoms with van der Waals surface area (Å²) in [5, 5.41) is 18.4. The van der Waals surface area contributed by atoms with Gasteiger partial charge < -0.3 is 20.4 Å². The number of amides is 1. The first-order chi connectivity index (χ1) is 6.02. The largest absolute Gasteiger partial charge is 0.452 e. The van der Waals surface area contributed by atoms with Gasteiger partial charge in [0.25, 0.3) is 0 Å². The molecule has 2 atom stereocenters. The average molecular weight is 297 g/mol. The molecule has 13 heavy (non-hydrogen) atoms. The molecule has 0 aliphatic heterocycles. The number of hydrogen-bond acceptors (Lipinski definition) is 4. The average Bonchev–Trinajstić information content (AvgIpc) is 2.49. The van der Waals surface area contributed by atoms with E-state index in [1.54, 1.807) is 6.07 Å². The van der Waals surface area contributed by atoms with Crippen LogP contribution in [0.4, 0.5) is 0 Å². The monoisotopic (exact) mass is 297 g/mol. The van der Waals surface area contributed by atoms with Gasteiger partial charge >= 0.3 is 0 Å². The Morgan fingerprint density at radius 1 is 1.54 bits per heavy atom. The van der Waals surface area contributed by atoms with Crippen molar-refractivity contribution in [3.63, 3.8) is 0 Å². The molecule has 0 saturated carbocycles. The van der Waals surface area contributed by atoms with E-state index in [9.17, 15) is 9.90 Å². The second-order valence-electron chi connectivity index (χ2n) is 2.43. The molecule has 0 spiro atoms. The van der Waals surface area contributed by atoms with E-state index in [-0.39, 0.29) is 5.76 Å².